The minimum Gasteiger partial charge on any atom is -0.480 e. The lowest BCUT2D eigenvalue weighted by molar-refractivity contribution is -0.146. The lowest BCUT2D eigenvalue weighted by Gasteiger charge is -2.33. The number of sulfone groups is 1. The highest BCUT2D eigenvalue weighted by molar-refractivity contribution is 7.91. The molecular weight excluding hydrogens is 545 g/mol. The largest absolute Gasteiger partial charge is 0.480 e. The molecule has 1 saturated heterocycles. The summed E-state index contributed by atoms with van der Waals surface area (Å²) in [5.41, 5.74) is 0.263. The Hall–Kier alpha value is -3.56. The van der Waals surface area contributed by atoms with Crippen LogP contribution in [-0.2, 0) is 35.9 Å². The average molecular weight is 572 g/mol. The van der Waals surface area contributed by atoms with Crippen LogP contribution in [0.5, 0.6) is 5.75 Å². The first-order chi connectivity index (χ1) is 17.7. The molecule has 0 aliphatic carbocycles. The Balaban J connectivity index is 2.02. The van der Waals surface area contributed by atoms with Crippen LogP contribution in [0.3, 0.4) is 0 Å². The number of aliphatic carboxylic acids is 1. The Morgan fingerprint density at radius 1 is 1.16 bits per heavy atom. The van der Waals surface area contributed by atoms with Gasteiger partial charge in [0.1, 0.15) is 23.7 Å². The van der Waals surface area contributed by atoms with Crippen molar-refractivity contribution in [2.45, 2.75) is 23.4 Å². The van der Waals surface area contributed by atoms with Crippen molar-refractivity contribution in [3.63, 3.8) is 0 Å². The number of hydrogen-bond donors (Lipinski definition) is 2. The van der Waals surface area contributed by atoms with E-state index < -0.39 is 72.8 Å². The van der Waals surface area contributed by atoms with Gasteiger partial charge in [0.2, 0.25) is 0 Å². The van der Waals surface area contributed by atoms with Crippen LogP contribution in [0.2, 0.25) is 0 Å². The smallest absolute Gasteiger partial charge is 0.414 e. The fourth-order valence-corrected chi connectivity index (χ4v) is 6.62. The van der Waals surface area contributed by atoms with E-state index >= 15 is 0 Å². The van der Waals surface area contributed by atoms with Gasteiger partial charge in [0, 0.05) is 27.1 Å². The number of amides is 2. The predicted octanol–water partition coefficient (Wildman–Crippen LogP) is 0.486. The molecule has 2 aromatic rings. The van der Waals surface area contributed by atoms with E-state index in [1.165, 1.54) is 43.3 Å². The molecule has 12 nitrogen and oxygen atoms in total. The van der Waals surface area contributed by atoms with Crippen molar-refractivity contribution in [3.05, 3.63) is 59.9 Å². The summed E-state index contributed by atoms with van der Waals surface area (Å²) in [7, 11) is -5.71. The van der Waals surface area contributed by atoms with Crippen LogP contribution in [0, 0.1) is 5.82 Å². The van der Waals surface area contributed by atoms with Gasteiger partial charge in [-0.1, -0.05) is 18.2 Å². The lowest BCUT2D eigenvalue weighted by atomic mass is 10.1. The van der Waals surface area contributed by atoms with Crippen molar-refractivity contribution in [3.8, 4) is 5.75 Å². The molecule has 0 aromatic heterocycles. The zero-order chi connectivity index (χ0) is 28.3. The van der Waals surface area contributed by atoms with Crippen LogP contribution in [-0.4, -0.2) is 93.3 Å². The van der Waals surface area contributed by atoms with E-state index in [4.69, 9.17) is 4.74 Å². The van der Waals surface area contributed by atoms with E-state index in [2.05, 4.69) is 5.32 Å². The van der Waals surface area contributed by atoms with Crippen molar-refractivity contribution in [1.82, 2.24) is 14.5 Å². The second-order valence-corrected chi connectivity index (χ2v) is 12.7. The number of carbonyl (C=O) groups excluding carboxylic acids is 2. The van der Waals surface area contributed by atoms with Crippen LogP contribution in [0.4, 0.5) is 9.18 Å². The van der Waals surface area contributed by atoms with Crippen molar-refractivity contribution < 1.29 is 45.5 Å². The zero-order valence-electron chi connectivity index (χ0n) is 20.4. The highest BCUT2D eigenvalue weighted by Gasteiger charge is 2.44. The van der Waals surface area contributed by atoms with Gasteiger partial charge >= 0.3 is 12.1 Å². The molecule has 3 rings (SSSR count). The number of carbonyl (C=O) groups is 3. The number of nitrogens with one attached hydrogen (secondary N) is 1. The van der Waals surface area contributed by atoms with Gasteiger partial charge in [-0.25, -0.2) is 35.1 Å². The first-order valence-corrected chi connectivity index (χ1v) is 14.5. The zero-order valence-corrected chi connectivity index (χ0v) is 22.0. The van der Waals surface area contributed by atoms with E-state index in [1.807, 2.05) is 0 Å². The van der Waals surface area contributed by atoms with Crippen LogP contribution in [0.25, 0.3) is 0 Å². The van der Waals surface area contributed by atoms with Crippen LogP contribution in [0.15, 0.2) is 53.4 Å². The molecule has 206 valence electrons. The van der Waals surface area contributed by atoms with Crippen molar-refractivity contribution in [2.24, 2.45) is 0 Å². The van der Waals surface area contributed by atoms with Gasteiger partial charge in [0.15, 0.2) is 9.84 Å². The maximum atomic E-state index is 13.9. The van der Waals surface area contributed by atoms with E-state index in [0.29, 0.717) is 6.07 Å². The predicted molar refractivity (Wildman–Crippen MR) is 132 cm³/mol. The molecule has 2 aromatic carbocycles. The molecule has 0 saturated carbocycles. The van der Waals surface area contributed by atoms with Gasteiger partial charge in [0.05, 0.1) is 16.4 Å². The number of hydrogen-bond acceptors (Lipinski definition) is 9. The van der Waals surface area contributed by atoms with Crippen LogP contribution < -0.4 is 10.1 Å². The van der Waals surface area contributed by atoms with E-state index in [-0.39, 0.29) is 27.9 Å². The lowest BCUT2D eigenvalue weighted by Crippen LogP contribution is -2.59. The quantitative estimate of drug-likeness (QED) is 0.455. The minimum absolute atomic E-state index is 0.0998. The molecule has 1 aliphatic heterocycles. The fourth-order valence-electron chi connectivity index (χ4n) is 3.66. The first kappa shape index (κ1) is 29.0. The summed E-state index contributed by atoms with van der Waals surface area (Å²) in [6.07, 6.45) is -1.18. The summed E-state index contributed by atoms with van der Waals surface area (Å²) in [5, 5.41) is 12.6. The number of rotatable bonds is 8. The Kier molecular flexibility index (Phi) is 8.74. The number of ether oxygens (including phenoxy) is 1. The number of halogens is 1. The maximum absolute atomic E-state index is 13.9. The van der Waals surface area contributed by atoms with Crippen molar-refractivity contribution in [1.29, 1.82) is 0 Å². The molecule has 0 radical (unpaired) electrons. The topological polar surface area (TPSA) is 167 Å². The van der Waals surface area contributed by atoms with Gasteiger partial charge in [-0.05, 0) is 35.9 Å². The Morgan fingerprint density at radius 2 is 1.82 bits per heavy atom. The van der Waals surface area contributed by atoms with Gasteiger partial charge in [0.25, 0.3) is 15.9 Å². The summed E-state index contributed by atoms with van der Waals surface area (Å²) in [6, 6.07) is 5.62. The number of sulfonamides is 1. The van der Waals surface area contributed by atoms with Crippen molar-refractivity contribution in [2.75, 3.05) is 32.1 Å². The molecule has 2 amide bonds. The standard InChI is InChI=1S/C23H26FN3O9S2/c1-26(2)23(31)36-17-8-6-15(7-9-17)12-20(22(29)30)27(21(28)19-14-37(32,33)11-10-25-19)38(34,35)18-5-3-4-16(24)13-18/h3-9,13,19-20,25H,10-12,14H2,1-2H3,(H,29,30)/t19?,20-/m0/s1. The third kappa shape index (κ3) is 6.85. The summed E-state index contributed by atoms with van der Waals surface area (Å²) >= 11 is 0. The Labute approximate surface area is 219 Å². The molecule has 2 atom stereocenters. The summed E-state index contributed by atoms with van der Waals surface area (Å²) in [6.45, 7) is -0.141. The number of carboxylic acid groups (broad SMARTS) is 1. The van der Waals surface area contributed by atoms with Crippen LogP contribution in [0.1, 0.15) is 5.56 Å². The Morgan fingerprint density at radius 3 is 2.37 bits per heavy atom. The van der Waals surface area contributed by atoms with Gasteiger partial charge in [-0.15, -0.1) is 0 Å². The normalized spacial score (nSPS) is 17.7. The monoisotopic (exact) mass is 571 g/mol. The third-order valence-electron chi connectivity index (χ3n) is 5.58. The number of nitrogens with zero attached hydrogens (tertiary/aromatic N) is 2. The van der Waals surface area contributed by atoms with Gasteiger partial charge in [-0.2, -0.15) is 0 Å². The SMILES string of the molecule is CN(C)C(=O)Oc1ccc(C[C@@H](C(=O)O)N(C(=O)C2CS(=O)(=O)CCN2)S(=O)(=O)c2cccc(F)c2)cc1. The van der Waals surface area contributed by atoms with Gasteiger partial charge in [-0.3, -0.25) is 4.79 Å². The second kappa shape index (κ2) is 11.4. The maximum Gasteiger partial charge on any atom is 0.414 e. The van der Waals surface area contributed by atoms with Gasteiger partial charge < -0.3 is 20.1 Å². The molecule has 1 fully saturated rings. The van der Waals surface area contributed by atoms with E-state index in [9.17, 15) is 40.7 Å². The molecule has 0 spiro atoms. The highest BCUT2D eigenvalue weighted by Crippen LogP contribution is 2.24. The van der Waals surface area contributed by atoms with E-state index in [0.717, 1.165) is 18.2 Å². The fraction of sp³-hybridized carbons (Fsp3) is 0.348. The molecule has 2 N–H and O–H groups in total. The molecule has 1 aliphatic rings. The third-order valence-corrected chi connectivity index (χ3v) is 9.05. The average Bonchev–Trinajstić information content (AvgIpc) is 2.83. The first-order valence-electron chi connectivity index (χ1n) is 11.2. The summed E-state index contributed by atoms with van der Waals surface area (Å²) in [4.78, 5) is 38.1. The highest BCUT2D eigenvalue weighted by atomic mass is 32.2. The molecule has 0 bridgehead atoms. The number of carboxylic acids is 1. The second-order valence-electron chi connectivity index (χ2n) is 8.68. The Bertz CT molecular complexity index is 1430. The summed E-state index contributed by atoms with van der Waals surface area (Å²) < 4.78 is 70.4. The molecule has 38 heavy (non-hydrogen) atoms. The molecule has 15 heteroatoms. The minimum atomic E-state index is -4.95. The molecule has 1 unspecified atom stereocenters. The van der Waals surface area contributed by atoms with Crippen molar-refractivity contribution >= 4 is 37.8 Å². The number of benzene rings is 2. The molecular formula is C23H26FN3O9S2. The summed E-state index contributed by atoms with van der Waals surface area (Å²) in [5.74, 6) is -4.82. The van der Waals surface area contributed by atoms with Crippen LogP contribution >= 0.6 is 0 Å². The van der Waals surface area contributed by atoms with E-state index in [1.54, 1.807) is 0 Å². The molecule has 1 heterocycles.